The van der Waals surface area contributed by atoms with E-state index in [-0.39, 0.29) is 5.56 Å². The molecule has 6 heteroatoms. The number of anilines is 1. The van der Waals surface area contributed by atoms with E-state index in [2.05, 4.69) is 5.32 Å². The summed E-state index contributed by atoms with van der Waals surface area (Å²) in [4.78, 5) is 12.0. The Hall–Kier alpha value is -2.34. The summed E-state index contributed by atoms with van der Waals surface area (Å²) in [6.07, 6.45) is 0. The van der Waals surface area contributed by atoms with Crippen LogP contribution in [0.15, 0.2) is 30.3 Å². The van der Waals surface area contributed by atoms with Gasteiger partial charge in [-0.3, -0.25) is 4.79 Å². The number of halogens is 3. The van der Waals surface area contributed by atoms with Crippen LogP contribution < -0.4 is 11.1 Å². The minimum atomic E-state index is -1.60. The standard InChI is InChI=1S/C15H13F3N2O/c1-8-2-3-9(7-19)4-13(8)20-15(21)10-5-11(16)14(18)12(17)6-10/h2-6H,7,19H2,1H3,(H,20,21). The van der Waals surface area contributed by atoms with Gasteiger partial charge in [0.2, 0.25) is 0 Å². The number of amides is 1. The Bertz CT molecular complexity index is 678. The second-order valence-corrected chi connectivity index (χ2v) is 4.56. The van der Waals surface area contributed by atoms with Crippen molar-refractivity contribution in [3.8, 4) is 0 Å². The van der Waals surface area contributed by atoms with Gasteiger partial charge in [0.15, 0.2) is 17.5 Å². The van der Waals surface area contributed by atoms with Crippen LogP contribution in [0.3, 0.4) is 0 Å². The Kier molecular flexibility index (Phi) is 4.28. The highest BCUT2D eigenvalue weighted by atomic mass is 19.2. The molecule has 0 spiro atoms. The van der Waals surface area contributed by atoms with Crippen molar-refractivity contribution in [3.63, 3.8) is 0 Å². The molecule has 21 heavy (non-hydrogen) atoms. The monoisotopic (exact) mass is 294 g/mol. The molecule has 2 aromatic carbocycles. The fourth-order valence-corrected chi connectivity index (χ4v) is 1.81. The van der Waals surface area contributed by atoms with E-state index in [1.807, 2.05) is 6.07 Å². The van der Waals surface area contributed by atoms with Crippen molar-refractivity contribution in [1.82, 2.24) is 0 Å². The number of benzene rings is 2. The maximum atomic E-state index is 13.1. The van der Waals surface area contributed by atoms with Crippen molar-refractivity contribution >= 4 is 11.6 Å². The lowest BCUT2D eigenvalue weighted by molar-refractivity contribution is 0.102. The fourth-order valence-electron chi connectivity index (χ4n) is 1.81. The van der Waals surface area contributed by atoms with Crippen LogP contribution in [0, 0.1) is 24.4 Å². The maximum Gasteiger partial charge on any atom is 0.255 e. The van der Waals surface area contributed by atoms with Crippen molar-refractivity contribution in [1.29, 1.82) is 0 Å². The molecule has 0 aliphatic rings. The molecule has 0 heterocycles. The molecular weight excluding hydrogens is 281 g/mol. The summed E-state index contributed by atoms with van der Waals surface area (Å²) in [6, 6.07) is 6.54. The Morgan fingerprint density at radius 2 is 1.76 bits per heavy atom. The molecule has 3 N–H and O–H groups in total. The molecule has 0 radical (unpaired) electrons. The average Bonchev–Trinajstić information content (AvgIpc) is 2.46. The molecule has 0 saturated carbocycles. The van der Waals surface area contributed by atoms with Crippen molar-refractivity contribution in [2.24, 2.45) is 5.73 Å². The van der Waals surface area contributed by atoms with Gasteiger partial charge in [0.25, 0.3) is 5.91 Å². The van der Waals surface area contributed by atoms with Crippen LogP contribution in [0.4, 0.5) is 18.9 Å². The first-order valence-corrected chi connectivity index (χ1v) is 6.18. The van der Waals surface area contributed by atoms with Crippen LogP contribution >= 0.6 is 0 Å². The first-order valence-electron chi connectivity index (χ1n) is 6.18. The fraction of sp³-hybridized carbons (Fsp3) is 0.133. The second kappa shape index (κ2) is 5.97. The van der Waals surface area contributed by atoms with Gasteiger partial charge in [-0.05, 0) is 36.2 Å². The van der Waals surface area contributed by atoms with E-state index in [1.54, 1.807) is 19.1 Å². The summed E-state index contributed by atoms with van der Waals surface area (Å²) in [5, 5.41) is 2.52. The predicted molar refractivity (Wildman–Crippen MR) is 73.3 cm³/mol. The summed E-state index contributed by atoms with van der Waals surface area (Å²) >= 11 is 0. The molecular formula is C15H13F3N2O. The topological polar surface area (TPSA) is 55.1 Å². The second-order valence-electron chi connectivity index (χ2n) is 4.56. The summed E-state index contributed by atoms with van der Waals surface area (Å²) in [5.74, 6) is -5.15. The maximum absolute atomic E-state index is 13.1. The third-order valence-electron chi connectivity index (χ3n) is 3.03. The zero-order valence-corrected chi connectivity index (χ0v) is 11.2. The van der Waals surface area contributed by atoms with Gasteiger partial charge in [-0.2, -0.15) is 0 Å². The number of carbonyl (C=O) groups excluding carboxylic acids is 1. The van der Waals surface area contributed by atoms with E-state index in [4.69, 9.17) is 5.73 Å². The van der Waals surface area contributed by atoms with Gasteiger partial charge in [0, 0.05) is 17.8 Å². The SMILES string of the molecule is Cc1ccc(CN)cc1NC(=O)c1cc(F)c(F)c(F)c1. The van der Waals surface area contributed by atoms with Crippen LogP contribution in [0.25, 0.3) is 0 Å². The van der Waals surface area contributed by atoms with E-state index < -0.39 is 23.4 Å². The summed E-state index contributed by atoms with van der Waals surface area (Å²) < 4.78 is 39.1. The molecule has 1 amide bonds. The largest absolute Gasteiger partial charge is 0.326 e. The molecule has 0 aliphatic heterocycles. The lowest BCUT2D eigenvalue weighted by atomic mass is 10.1. The van der Waals surface area contributed by atoms with Gasteiger partial charge in [0.05, 0.1) is 0 Å². The minimum Gasteiger partial charge on any atom is -0.326 e. The van der Waals surface area contributed by atoms with E-state index in [0.717, 1.165) is 11.1 Å². The number of hydrogen-bond acceptors (Lipinski definition) is 2. The van der Waals surface area contributed by atoms with Crippen LogP contribution in [0.2, 0.25) is 0 Å². The lowest BCUT2D eigenvalue weighted by Gasteiger charge is -2.10. The highest BCUT2D eigenvalue weighted by Crippen LogP contribution is 2.19. The third-order valence-corrected chi connectivity index (χ3v) is 3.03. The lowest BCUT2D eigenvalue weighted by Crippen LogP contribution is -2.14. The zero-order chi connectivity index (χ0) is 15.6. The highest BCUT2D eigenvalue weighted by Gasteiger charge is 2.15. The highest BCUT2D eigenvalue weighted by molar-refractivity contribution is 6.04. The number of aryl methyl sites for hydroxylation is 1. The molecule has 0 saturated heterocycles. The average molecular weight is 294 g/mol. The molecule has 0 atom stereocenters. The van der Waals surface area contributed by atoms with Crippen molar-refractivity contribution in [2.45, 2.75) is 13.5 Å². The van der Waals surface area contributed by atoms with Gasteiger partial charge in [-0.1, -0.05) is 12.1 Å². The number of nitrogens with two attached hydrogens (primary N) is 1. The molecule has 0 fully saturated rings. The van der Waals surface area contributed by atoms with Gasteiger partial charge >= 0.3 is 0 Å². The minimum absolute atomic E-state index is 0.295. The summed E-state index contributed by atoms with van der Waals surface area (Å²) in [7, 11) is 0. The smallest absolute Gasteiger partial charge is 0.255 e. The van der Waals surface area contributed by atoms with E-state index in [9.17, 15) is 18.0 Å². The first kappa shape index (κ1) is 15.1. The number of hydrogen-bond donors (Lipinski definition) is 2. The molecule has 0 bridgehead atoms. The Labute approximate surface area is 119 Å². The zero-order valence-electron chi connectivity index (χ0n) is 11.2. The normalized spacial score (nSPS) is 10.5. The van der Waals surface area contributed by atoms with E-state index in [0.29, 0.717) is 24.4 Å². The summed E-state index contributed by atoms with van der Waals surface area (Å²) in [5.41, 5.74) is 7.26. The Morgan fingerprint density at radius 1 is 1.14 bits per heavy atom. The molecule has 0 unspecified atom stereocenters. The number of rotatable bonds is 3. The van der Waals surface area contributed by atoms with Crippen LogP contribution in [0.5, 0.6) is 0 Å². The van der Waals surface area contributed by atoms with E-state index in [1.165, 1.54) is 0 Å². The third kappa shape index (κ3) is 3.22. The Balaban J connectivity index is 2.30. The van der Waals surface area contributed by atoms with Crippen molar-refractivity contribution in [2.75, 3.05) is 5.32 Å². The number of nitrogens with one attached hydrogen (secondary N) is 1. The predicted octanol–water partition coefficient (Wildman–Crippen LogP) is 3.12. The number of carbonyl (C=O) groups is 1. The molecule has 0 aromatic heterocycles. The molecule has 3 nitrogen and oxygen atoms in total. The summed E-state index contributed by atoms with van der Waals surface area (Å²) in [6.45, 7) is 2.06. The van der Waals surface area contributed by atoms with Crippen LogP contribution in [-0.4, -0.2) is 5.91 Å². The first-order chi connectivity index (χ1) is 9.92. The Morgan fingerprint density at radius 3 is 2.33 bits per heavy atom. The molecule has 2 rings (SSSR count). The van der Waals surface area contributed by atoms with Gasteiger partial charge < -0.3 is 11.1 Å². The van der Waals surface area contributed by atoms with Crippen LogP contribution in [0.1, 0.15) is 21.5 Å². The molecule has 110 valence electrons. The molecule has 2 aromatic rings. The van der Waals surface area contributed by atoms with Crippen molar-refractivity contribution < 1.29 is 18.0 Å². The van der Waals surface area contributed by atoms with Gasteiger partial charge in [-0.15, -0.1) is 0 Å². The van der Waals surface area contributed by atoms with E-state index >= 15 is 0 Å². The van der Waals surface area contributed by atoms with Crippen molar-refractivity contribution in [3.05, 3.63) is 64.5 Å². The quantitative estimate of drug-likeness (QED) is 0.855. The van der Waals surface area contributed by atoms with Crippen LogP contribution in [-0.2, 0) is 6.54 Å². The van der Waals surface area contributed by atoms with Gasteiger partial charge in [0.1, 0.15) is 0 Å². The molecule has 0 aliphatic carbocycles. The van der Waals surface area contributed by atoms with Gasteiger partial charge in [-0.25, -0.2) is 13.2 Å².